The number of ether oxygens (including phenoxy) is 1. The van der Waals surface area contributed by atoms with Crippen LogP contribution in [0.3, 0.4) is 0 Å². The number of amides is 2. The molecule has 1 aromatic carbocycles. The Morgan fingerprint density at radius 3 is 2.65 bits per heavy atom. The molecule has 3 rings (SSSR count). The van der Waals surface area contributed by atoms with Gasteiger partial charge in [0.1, 0.15) is 0 Å². The summed E-state index contributed by atoms with van der Waals surface area (Å²) in [6, 6.07) is 9.60. The van der Waals surface area contributed by atoms with E-state index in [0.29, 0.717) is 16.5 Å². The minimum Gasteiger partial charge on any atom is -0.383 e. The highest BCUT2D eigenvalue weighted by Crippen LogP contribution is 2.34. The third-order valence-electron chi connectivity index (χ3n) is 4.24. The van der Waals surface area contributed by atoms with Crippen molar-refractivity contribution >= 4 is 40.6 Å². The molecule has 0 saturated carbocycles. The summed E-state index contributed by atoms with van der Waals surface area (Å²) >= 11 is 7.29. The van der Waals surface area contributed by atoms with Gasteiger partial charge in [0.05, 0.1) is 28.8 Å². The molecule has 1 aromatic heterocycles. The molecule has 0 N–H and O–H groups in total. The minimum absolute atomic E-state index is 0.261. The van der Waals surface area contributed by atoms with E-state index in [1.807, 2.05) is 48.7 Å². The number of imide groups is 1. The number of para-hydroxylation sites is 1. The van der Waals surface area contributed by atoms with Crippen LogP contribution in [-0.4, -0.2) is 40.9 Å². The number of thioether (sulfide) groups is 1. The van der Waals surface area contributed by atoms with Crippen molar-refractivity contribution < 1.29 is 14.3 Å². The highest BCUT2D eigenvalue weighted by Gasteiger charge is 2.34. The first kappa shape index (κ1) is 18.8. The largest absolute Gasteiger partial charge is 0.383 e. The van der Waals surface area contributed by atoms with Crippen molar-refractivity contribution in [3.05, 3.63) is 57.2 Å². The summed E-state index contributed by atoms with van der Waals surface area (Å²) in [5.41, 5.74) is 3.73. The lowest BCUT2D eigenvalue weighted by Crippen LogP contribution is -2.31. The number of aryl methyl sites for hydroxylation is 1. The third kappa shape index (κ3) is 3.45. The van der Waals surface area contributed by atoms with E-state index in [2.05, 4.69) is 0 Å². The first-order valence-electron chi connectivity index (χ1n) is 8.12. The molecule has 26 heavy (non-hydrogen) atoms. The SMILES string of the molecule is COCCN1C(=O)S/C(=C/c2cc(C)n(-c3ccccc3Cl)c2C)C1=O. The molecule has 5 nitrogen and oxygen atoms in total. The van der Waals surface area contributed by atoms with Gasteiger partial charge in [0.25, 0.3) is 11.1 Å². The van der Waals surface area contributed by atoms with Crippen LogP contribution in [0, 0.1) is 13.8 Å². The highest BCUT2D eigenvalue weighted by molar-refractivity contribution is 8.18. The zero-order chi connectivity index (χ0) is 18.8. The van der Waals surface area contributed by atoms with Crippen LogP contribution in [0.15, 0.2) is 35.2 Å². The first-order chi connectivity index (χ1) is 12.4. The molecule has 0 spiro atoms. The fourth-order valence-corrected chi connectivity index (χ4v) is 4.03. The van der Waals surface area contributed by atoms with Crippen LogP contribution >= 0.6 is 23.4 Å². The maximum absolute atomic E-state index is 12.5. The Bertz CT molecular complexity index is 904. The number of rotatable bonds is 5. The molecule has 2 amide bonds. The predicted octanol–water partition coefficient (Wildman–Crippen LogP) is 4.43. The van der Waals surface area contributed by atoms with Crippen LogP contribution in [0.25, 0.3) is 11.8 Å². The standard InChI is InChI=1S/C19H19ClN2O3S/c1-12-10-14(13(2)22(12)16-7-5-4-6-15(16)20)11-17-18(23)21(8-9-25-3)19(24)26-17/h4-7,10-11H,8-9H2,1-3H3/b17-11+. The van der Waals surface area contributed by atoms with Crippen LogP contribution < -0.4 is 0 Å². The van der Waals surface area contributed by atoms with E-state index in [0.717, 1.165) is 34.4 Å². The molecule has 1 fully saturated rings. The Balaban J connectivity index is 1.96. The predicted molar refractivity (Wildman–Crippen MR) is 105 cm³/mol. The molecule has 0 bridgehead atoms. The van der Waals surface area contributed by atoms with Crippen LogP contribution in [0.5, 0.6) is 0 Å². The van der Waals surface area contributed by atoms with Crippen molar-refractivity contribution in [2.75, 3.05) is 20.3 Å². The van der Waals surface area contributed by atoms with Crippen molar-refractivity contribution in [2.45, 2.75) is 13.8 Å². The van der Waals surface area contributed by atoms with Gasteiger partial charge in [-0.1, -0.05) is 23.7 Å². The minimum atomic E-state index is -0.278. The number of halogens is 1. The topological polar surface area (TPSA) is 51.5 Å². The molecular formula is C19H19ClN2O3S. The van der Waals surface area contributed by atoms with Gasteiger partial charge in [-0.2, -0.15) is 0 Å². The summed E-state index contributed by atoms with van der Waals surface area (Å²) in [5.74, 6) is -0.278. The van der Waals surface area contributed by atoms with Crippen molar-refractivity contribution in [1.82, 2.24) is 9.47 Å². The fourth-order valence-electron chi connectivity index (χ4n) is 2.95. The molecule has 2 heterocycles. The van der Waals surface area contributed by atoms with Gasteiger partial charge in [0.2, 0.25) is 0 Å². The lowest BCUT2D eigenvalue weighted by Gasteiger charge is -2.11. The number of carbonyl (C=O) groups excluding carboxylic acids is 2. The van der Waals surface area contributed by atoms with Crippen LogP contribution in [0.4, 0.5) is 4.79 Å². The molecule has 0 aliphatic carbocycles. The first-order valence-corrected chi connectivity index (χ1v) is 9.31. The Kier molecular flexibility index (Phi) is 5.55. The molecule has 136 valence electrons. The molecule has 0 atom stereocenters. The quantitative estimate of drug-likeness (QED) is 0.708. The van der Waals surface area contributed by atoms with Crippen molar-refractivity contribution in [1.29, 1.82) is 0 Å². The second-order valence-corrected chi connectivity index (χ2v) is 7.34. The van der Waals surface area contributed by atoms with Gasteiger partial charge in [-0.15, -0.1) is 0 Å². The van der Waals surface area contributed by atoms with E-state index in [4.69, 9.17) is 16.3 Å². The Labute approximate surface area is 161 Å². The summed E-state index contributed by atoms with van der Waals surface area (Å²) in [6.07, 6.45) is 1.77. The molecule has 7 heteroatoms. The summed E-state index contributed by atoms with van der Waals surface area (Å²) in [6.45, 7) is 4.54. The van der Waals surface area contributed by atoms with Crippen molar-refractivity contribution in [3.8, 4) is 5.69 Å². The van der Waals surface area contributed by atoms with Crippen LogP contribution in [0.2, 0.25) is 5.02 Å². The van der Waals surface area contributed by atoms with Crippen molar-refractivity contribution in [3.63, 3.8) is 0 Å². The molecular weight excluding hydrogens is 372 g/mol. The summed E-state index contributed by atoms with van der Waals surface area (Å²) in [4.78, 5) is 26.2. The average Bonchev–Trinajstić information content (AvgIpc) is 3.03. The smallest absolute Gasteiger partial charge is 0.293 e. The van der Waals surface area contributed by atoms with Crippen molar-refractivity contribution in [2.24, 2.45) is 0 Å². The number of methoxy groups -OCH3 is 1. The molecule has 0 radical (unpaired) electrons. The zero-order valence-corrected chi connectivity index (χ0v) is 16.4. The number of aromatic nitrogens is 1. The summed E-state index contributed by atoms with van der Waals surface area (Å²) < 4.78 is 7.01. The van der Waals surface area contributed by atoms with Gasteiger partial charge < -0.3 is 9.30 Å². The lowest BCUT2D eigenvalue weighted by atomic mass is 10.2. The number of hydrogen-bond donors (Lipinski definition) is 0. The van der Waals surface area contributed by atoms with E-state index >= 15 is 0 Å². The van der Waals surface area contributed by atoms with Crippen LogP contribution in [-0.2, 0) is 9.53 Å². The van der Waals surface area contributed by atoms with Gasteiger partial charge in [0.15, 0.2) is 0 Å². The van der Waals surface area contributed by atoms with Gasteiger partial charge in [-0.3, -0.25) is 14.5 Å². The fraction of sp³-hybridized carbons (Fsp3) is 0.263. The van der Waals surface area contributed by atoms with E-state index in [1.54, 1.807) is 13.2 Å². The van der Waals surface area contributed by atoms with E-state index < -0.39 is 0 Å². The number of nitrogens with zero attached hydrogens (tertiary/aromatic N) is 2. The second kappa shape index (κ2) is 7.70. The van der Waals surface area contributed by atoms with Gasteiger partial charge in [0, 0.05) is 18.5 Å². The molecule has 1 saturated heterocycles. The molecule has 0 unspecified atom stereocenters. The Morgan fingerprint density at radius 1 is 1.23 bits per heavy atom. The third-order valence-corrected chi connectivity index (χ3v) is 5.47. The Morgan fingerprint density at radius 2 is 1.96 bits per heavy atom. The lowest BCUT2D eigenvalue weighted by molar-refractivity contribution is -0.123. The van der Waals surface area contributed by atoms with E-state index in [1.165, 1.54) is 4.90 Å². The monoisotopic (exact) mass is 390 g/mol. The zero-order valence-electron chi connectivity index (χ0n) is 14.8. The van der Waals surface area contributed by atoms with Gasteiger partial charge >= 0.3 is 0 Å². The Hall–Kier alpha value is -2.02. The summed E-state index contributed by atoms with van der Waals surface area (Å²) in [5, 5.41) is 0.388. The normalized spacial score (nSPS) is 16.2. The van der Waals surface area contributed by atoms with Gasteiger partial charge in [-0.25, -0.2) is 0 Å². The highest BCUT2D eigenvalue weighted by atomic mass is 35.5. The second-order valence-electron chi connectivity index (χ2n) is 5.94. The number of carbonyl (C=O) groups is 2. The molecule has 1 aliphatic rings. The average molecular weight is 391 g/mol. The van der Waals surface area contributed by atoms with E-state index in [-0.39, 0.29) is 17.7 Å². The summed E-state index contributed by atoms with van der Waals surface area (Å²) in [7, 11) is 1.54. The molecule has 2 aromatic rings. The van der Waals surface area contributed by atoms with Crippen LogP contribution in [0.1, 0.15) is 17.0 Å². The van der Waals surface area contributed by atoms with E-state index in [9.17, 15) is 9.59 Å². The maximum Gasteiger partial charge on any atom is 0.293 e. The van der Waals surface area contributed by atoms with Gasteiger partial charge in [-0.05, 0) is 55.4 Å². The number of benzene rings is 1. The molecule has 1 aliphatic heterocycles. The maximum atomic E-state index is 12.5. The number of hydrogen-bond acceptors (Lipinski definition) is 4.